The SMILES string of the molecule is CC(Cc1ccc(O)cc1)NC1C(C)(C)C1(C)C. The van der Waals surface area contributed by atoms with Crippen molar-refractivity contribution in [3.63, 3.8) is 0 Å². The Morgan fingerprint density at radius 1 is 1.11 bits per heavy atom. The highest BCUT2D eigenvalue weighted by Gasteiger charge is 2.64. The maximum Gasteiger partial charge on any atom is 0.115 e. The molecule has 0 bridgehead atoms. The highest BCUT2D eigenvalue weighted by Crippen LogP contribution is 2.62. The first-order valence-electron chi connectivity index (χ1n) is 6.79. The van der Waals surface area contributed by atoms with E-state index in [0.717, 1.165) is 6.42 Å². The minimum Gasteiger partial charge on any atom is -0.508 e. The van der Waals surface area contributed by atoms with Crippen LogP contribution in [0.3, 0.4) is 0 Å². The Morgan fingerprint density at radius 3 is 2.06 bits per heavy atom. The minimum absolute atomic E-state index is 0.337. The molecule has 0 saturated heterocycles. The van der Waals surface area contributed by atoms with E-state index in [2.05, 4.69) is 39.9 Å². The maximum atomic E-state index is 9.27. The molecule has 1 fully saturated rings. The quantitative estimate of drug-likeness (QED) is 0.855. The van der Waals surface area contributed by atoms with Gasteiger partial charge in [0.05, 0.1) is 0 Å². The van der Waals surface area contributed by atoms with Crippen molar-refractivity contribution in [1.29, 1.82) is 0 Å². The topological polar surface area (TPSA) is 32.3 Å². The molecule has 18 heavy (non-hydrogen) atoms. The van der Waals surface area contributed by atoms with E-state index in [0.29, 0.717) is 28.7 Å². The molecule has 1 atom stereocenters. The van der Waals surface area contributed by atoms with Gasteiger partial charge in [-0.15, -0.1) is 0 Å². The molecule has 1 aromatic carbocycles. The summed E-state index contributed by atoms with van der Waals surface area (Å²) in [6.07, 6.45) is 1.00. The lowest BCUT2D eigenvalue weighted by Crippen LogP contribution is -2.33. The molecule has 2 N–H and O–H groups in total. The van der Waals surface area contributed by atoms with Crippen molar-refractivity contribution in [2.75, 3.05) is 0 Å². The fraction of sp³-hybridized carbons (Fsp3) is 0.625. The number of benzene rings is 1. The third kappa shape index (κ3) is 2.26. The minimum atomic E-state index is 0.337. The average molecular weight is 247 g/mol. The van der Waals surface area contributed by atoms with Gasteiger partial charge in [-0.2, -0.15) is 0 Å². The van der Waals surface area contributed by atoms with Gasteiger partial charge in [0, 0.05) is 12.1 Å². The van der Waals surface area contributed by atoms with Crippen molar-refractivity contribution >= 4 is 0 Å². The smallest absolute Gasteiger partial charge is 0.115 e. The average Bonchev–Trinajstić information content (AvgIpc) is 2.64. The zero-order valence-electron chi connectivity index (χ0n) is 12.1. The predicted molar refractivity (Wildman–Crippen MR) is 75.8 cm³/mol. The summed E-state index contributed by atoms with van der Waals surface area (Å²) < 4.78 is 0. The number of hydrogen-bond acceptors (Lipinski definition) is 2. The normalized spacial score (nSPS) is 22.7. The molecule has 1 aliphatic carbocycles. The summed E-state index contributed by atoms with van der Waals surface area (Å²) >= 11 is 0. The molecule has 1 unspecified atom stereocenters. The summed E-state index contributed by atoms with van der Waals surface area (Å²) in [5.41, 5.74) is 2.04. The number of hydrogen-bond donors (Lipinski definition) is 2. The maximum absolute atomic E-state index is 9.27. The van der Waals surface area contributed by atoms with Gasteiger partial charge in [-0.3, -0.25) is 0 Å². The molecule has 1 aromatic rings. The van der Waals surface area contributed by atoms with Gasteiger partial charge in [-0.25, -0.2) is 0 Å². The van der Waals surface area contributed by atoms with Gasteiger partial charge in [0.1, 0.15) is 5.75 Å². The Balaban J connectivity index is 1.91. The van der Waals surface area contributed by atoms with Crippen LogP contribution < -0.4 is 5.32 Å². The van der Waals surface area contributed by atoms with E-state index in [-0.39, 0.29) is 0 Å². The van der Waals surface area contributed by atoms with Crippen LogP contribution in [0.25, 0.3) is 0 Å². The first kappa shape index (κ1) is 13.4. The Kier molecular flexibility index (Phi) is 3.18. The third-order valence-electron chi connectivity index (χ3n) is 4.95. The zero-order chi connectivity index (χ0) is 13.6. The van der Waals surface area contributed by atoms with Crippen molar-refractivity contribution in [1.82, 2.24) is 5.32 Å². The van der Waals surface area contributed by atoms with Crippen molar-refractivity contribution in [2.24, 2.45) is 10.8 Å². The summed E-state index contributed by atoms with van der Waals surface area (Å²) in [5, 5.41) is 13.0. The molecule has 1 aliphatic rings. The van der Waals surface area contributed by atoms with E-state index in [4.69, 9.17) is 0 Å². The summed E-state index contributed by atoms with van der Waals surface area (Å²) in [6, 6.07) is 8.56. The van der Waals surface area contributed by atoms with Crippen molar-refractivity contribution in [3.05, 3.63) is 29.8 Å². The molecule has 1 saturated carbocycles. The highest BCUT2D eigenvalue weighted by molar-refractivity contribution is 5.26. The Morgan fingerprint density at radius 2 is 1.61 bits per heavy atom. The van der Waals surface area contributed by atoms with E-state index in [9.17, 15) is 5.11 Å². The summed E-state index contributed by atoms with van der Waals surface area (Å²) in [4.78, 5) is 0. The second-order valence-corrected chi connectivity index (χ2v) is 6.81. The van der Waals surface area contributed by atoms with E-state index in [1.54, 1.807) is 12.1 Å². The van der Waals surface area contributed by atoms with Crippen LogP contribution in [-0.2, 0) is 6.42 Å². The Labute approximate surface area is 110 Å². The second kappa shape index (κ2) is 4.27. The molecule has 100 valence electrons. The van der Waals surface area contributed by atoms with Crippen molar-refractivity contribution < 1.29 is 5.11 Å². The van der Waals surface area contributed by atoms with Crippen LogP contribution in [0.4, 0.5) is 0 Å². The zero-order valence-corrected chi connectivity index (χ0v) is 12.1. The van der Waals surface area contributed by atoms with Gasteiger partial charge >= 0.3 is 0 Å². The van der Waals surface area contributed by atoms with Crippen molar-refractivity contribution in [3.8, 4) is 5.75 Å². The van der Waals surface area contributed by atoms with Gasteiger partial charge in [0.25, 0.3) is 0 Å². The molecule has 2 nitrogen and oxygen atoms in total. The second-order valence-electron chi connectivity index (χ2n) is 6.81. The molecule has 2 rings (SSSR count). The third-order valence-corrected chi connectivity index (χ3v) is 4.95. The van der Waals surface area contributed by atoms with E-state index in [1.807, 2.05) is 12.1 Å². The number of phenols is 1. The molecule has 2 heteroatoms. The molecule has 0 aliphatic heterocycles. The fourth-order valence-corrected chi connectivity index (χ4v) is 2.94. The predicted octanol–water partition coefficient (Wildman–Crippen LogP) is 3.35. The standard InChI is InChI=1S/C16H25NO/c1-11(10-12-6-8-13(18)9-7-12)17-14-15(2,3)16(14,4)5/h6-9,11,14,17-18H,10H2,1-5H3. The summed E-state index contributed by atoms with van der Waals surface area (Å²) in [6.45, 7) is 11.6. The number of rotatable bonds is 4. The molecule has 0 amide bonds. The largest absolute Gasteiger partial charge is 0.508 e. The van der Waals surface area contributed by atoms with Gasteiger partial charge in [0.2, 0.25) is 0 Å². The first-order chi connectivity index (χ1) is 8.25. The highest BCUT2D eigenvalue weighted by atomic mass is 16.3. The number of phenolic OH excluding ortho intramolecular Hbond substituents is 1. The van der Waals surface area contributed by atoms with Crippen LogP contribution in [0.15, 0.2) is 24.3 Å². The van der Waals surface area contributed by atoms with Gasteiger partial charge in [-0.1, -0.05) is 39.8 Å². The van der Waals surface area contributed by atoms with Crippen LogP contribution in [0, 0.1) is 10.8 Å². The Hall–Kier alpha value is -1.02. The molecule has 0 aromatic heterocycles. The van der Waals surface area contributed by atoms with E-state index in [1.165, 1.54) is 5.56 Å². The lowest BCUT2D eigenvalue weighted by molar-refractivity contribution is 0.457. The van der Waals surface area contributed by atoms with Gasteiger partial charge in [-0.05, 0) is 41.9 Å². The van der Waals surface area contributed by atoms with Crippen LogP contribution >= 0.6 is 0 Å². The van der Waals surface area contributed by atoms with E-state index < -0.39 is 0 Å². The van der Waals surface area contributed by atoms with Crippen LogP contribution in [0.5, 0.6) is 5.75 Å². The number of aromatic hydroxyl groups is 1. The van der Waals surface area contributed by atoms with Crippen molar-refractivity contribution in [2.45, 2.75) is 53.1 Å². The Bertz CT molecular complexity index is 405. The fourth-order valence-electron chi connectivity index (χ4n) is 2.94. The lowest BCUT2D eigenvalue weighted by atomic mass is 10.0. The van der Waals surface area contributed by atoms with Gasteiger partial charge in [0.15, 0.2) is 0 Å². The monoisotopic (exact) mass is 247 g/mol. The molecule has 0 spiro atoms. The lowest BCUT2D eigenvalue weighted by Gasteiger charge is -2.15. The first-order valence-corrected chi connectivity index (χ1v) is 6.79. The number of nitrogens with one attached hydrogen (secondary N) is 1. The van der Waals surface area contributed by atoms with Crippen LogP contribution in [0.2, 0.25) is 0 Å². The molecule has 0 radical (unpaired) electrons. The van der Waals surface area contributed by atoms with E-state index >= 15 is 0 Å². The summed E-state index contributed by atoms with van der Waals surface area (Å²) in [5.74, 6) is 0.337. The summed E-state index contributed by atoms with van der Waals surface area (Å²) in [7, 11) is 0. The molecular weight excluding hydrogens is 222 g/mol. The van der Waals surface area contributed by atoms with Gasteiger partial charge < -0.3 is 10.4 Å². The molecular formula is C16H25NO. The molecule has 0 heterocycles. The van der Waals surface area contributed by atoms with Crippen LogP contribution in [0.1, 0.15) is 40.2 Å². The van der Waals surface area contributed by atoms with Crippen LogP contribution in [-0.4, -0.2) is 17.2 Å².